The van der Waals surface area contributed by atoms with Crippen LogP contribution >= 0.6 is 23.2 Å². The Hall–Kier alpha value is -2.44. The smallest absolute Gasteiger partial charge is 0.244 e. The second-order valence-corrected chi connectivity index (χ2v) is 6.86. The lowest BCUT2D eigenvalue weighted by Gasteiger charge is -2.20. The largest absolute Gasteiger partial charge is 0.486 e. The van der Waals surface area contributed by atoms with Crippen molar-refractivity contribution in [3.05, 3.63) is 52.0 Å². The fourth-order valence-corrected chi connectivity index (χ4v) is 3.10. The molecule has 0 unspecified atom stereocenters. The average Bonchev–Trinajstić information content (AvgIpc) is 2.64. The van der Waals surface area contributed by atoms with Gasteiger partial charge in [0.2, 0.25) is 11.8 Å². The molecule has 8 heteroatoms. The Labute approximate surface area is 167 Å². The minimum atomic E-state index is -0.386. The number of carbonyl (C=O) groups is 2. The highest BCUT2D eigenvalue weighted by molar-refractivity contribution is 6.39. The molecule has 0 saturated heterocycles. The number of carbonyl (C=O) groups excluding carboxylic acids is 2. The van der Waals surface area contributed by atoms with Crippen LogP contribution < -0.4 is 14.8 Å². The van der Waals surface area contributed by atoms with E-state index in [1.165, 1.54) is 4.90 Å². The Kier molecular flexibility index (Phi) is 6.08. The molecule has 1 aliphatic heterocycles. The first-order chi connectivity index (χ1) is 12.9. The SMILES string of the molecule is CN(CC(=O)Nc1c(Cl)cccc1Cl)C(=O)Cc1ccc2c(c1)OCCO2. The highest BCUT2D eigenvalue weighted by atomic mass is 35.5. The Bertz CT molecular complexity index is 853. The van der Waals surface area contributed by atoms with Gasteiger partial charge >= 0.3 is 0 Å². The van der Waals surface area contributed by atoms with E-state index in [1.54, 1.807) is 37.4 Å². The summed E-state index contributed by atoms with van der Waals surface area (Å²) < 4.78 is 11.0. The summed E-state index contributed by atoms with van der Waals surface area (Å²) in [6.45, 7) is 0.874. The summed E-state index contributed by atoms with van der Waals surface area (Å²) in [5, 5.41) is 3.30. The van der Waals surface area contributed by atoms with Crippen molar-refractivity contribution in [2.45, 2.75) is 6.42 Å². The van der Waals surface area contributed by atoms with E-state index in [1.807, 2.05) is 6.07 Å². The zero-order chi connectivity index (χ0) is 19.4. The van der Waals surface area contributed by atoms with Crippen LogP contribution in [0.2, 0.25) is 10.0 Å². The molecule has 0 aromatic heterocycles. The second kappa shape index (κ2) is 8.50. The number of nitrogens with one attached hydrogen (secondary N) is 1. The number of amides is 2. The van der Waals surface area contributed by atoms with Crippen molar-refractivity contribution in [2.75, 3.05) is 32.1 Å². The third-order valence-electron chi connectivity index (χ3n) is 4.00. The van der Waals surface area contributed by atoms with Gasteiger partial charge in [0, 0.05) is 7.05 Å². The molecule has 0 radical (unpaired) electrons. The molecule has 27 heavy (non-hydrogen) atoms. The van der Waals surface area contributed by atoms with Gasteiger partial charge in [0.15, 0.2) is 11.5 Å². The van der Waals surface area contributed by atoms with Crippen LogP contribution in [-0.4, -0.2) is 43.5 Å². The summed E-state index contributed by atoms with van der Waals surface area (Å²) in [5.74, 6) is 0.706. The third kappa shape index (κ3) is 4.84. The molecule has 2 amide bonds. The molecule has 1 N–H and O–H groups in total. The Morgan fingerprint density at radius 2 is 1.74 bits per heavy atom. The molecule has 1 aliphatic rings. The minimum absolute atomic E-state index is 0.120. The summed E-state index contributed by atoms with van der Waals surface area (Å²) >= 11 is 12.1. The number of rotatable bonds is 5. The van der Waals surface area contributed by atoms with Crippen molar-refractivity contribution < 1.29 is 19.1 Å². The lowest BCUT2D eigenvalue weighted by Crippen LogP contribution is -2.35. The van der Waals surface area contributed by atoms with E-state index in [9.17, 15) is 9.59 Å². The van der Waals surface area contributed by atoms with Crippen LogP contribution in [0.1, 0.15) is 5.56 Å². The van der Waals surface area contributed by atoms with Crippen molar-refractivity contribution in [3.63, 3.8) is 0 Å². The Balaban J connectivity index is 1.58. The highest BCUT2D eigenvalue weighted by Crippen LogP contribution is 2.31. The number of hydrogen-bond donors (Lipinski definition) is 1. The van der Waals surface area contributed by atoms with E-state index in [0.29, 0.717) is 40.4 Å². The van der Waals surface area contributed by atoms with Gasteiger partial charge in [0.25, 0.3) is 0 Å². The number of anilines is 1. The van der Waals surface area contributed by atoms with Crippen LogP contribution in [0.5, 0.6) is 11.5 Å². The predicted molar refractivity (Wildman–Crippen MR) is 104 cm³/mol. The molecular formula is C19H18Cl2N2O4. The van der Waals surface area contributed by atoms with E-state index in [0.717, 1.165) is 5.56 Å². The molecule has 6 nitrogen and oxygen atoms in total. The van der Waals surface area contributed by atoms with Crippen LogP contribution in [0, 0.1) is 0 Å². The van der Waals surface area contributed by atoms with Gasteiger partial charge in [-0.3, -0.25) is 9.59 Å². The normalized spacial score (nSPS) is 12.4. The Morgan fingerprint density at radius 3 is 2.44 bits per heavy atom. The van der Waals surface area contributed by atoms with Crippen LogP contribution in [0.4, 0.5) is 5.69 Å². The van der Waals surface area contributed by atoms with Crippen LogP contribution in [-0.2, 0) is 16.0 Å². The third-order valence-corrected chi connectivity index (χ3v) is 4.63. The lowest BCUT2D eigenvalue weighted by atomic mass is 10.1. The van der Waals surface area contributed by atoms with Crippen molar-refractivity contribution in [2.24, 2.45) is 0 Å². The van der Waals surface area contributed by atoms with Gasteiger partial charge in [-0.25, -0.2) is 0 Å². The van der Waals surface area contributed by atoms with Crippen molar-refractivity contribution in [1.29, 1.82) is 0 Å². The van der Waals surface area contributed by atoms with Gasteiger partial charge in [-0.1, -0.05) is 35.3 Å². The number of ether oxygens (including phenoxy) is 2. The minimum Gasteiger partial charge on any atom is -0.486 e. The summed E-state index contributed by atoms with van der Waals surface area (Å²) in [6.07, 6.45) is 0.146. The van der Waals surface area contributed by atoms with Gasteiger partial charge in [-0.2, -0.15) is 0 Å². The first kappa shape index (κ1) is 19.3. The lowest BCUT2D eigenvalue weighted by molar-refractivity contribution is -0.132. The highest BCUT2D eigenvalue weighted by Gasteiger charge is 2.17. The number of hydrogen-bond acceptors (Lipinski definition) is 4. The van der Waals surface area contributed by atoms with Crippen molar-refractivity contribution in [1.82, 2.24) is 4.90 Å². The second-order valence-electron chi connectivity index (χ2n) is 6.05. The van der Waals surface area contributed by atoms with Gasteiger partial charge < -0.3 is 19.7 Å². The summed E-state index contributed by atoms with van der Waals surface area (Å²) in [7, 11) is 1.56. The first-order valence-electron chi connectivity index (χ1n) is 8.30. The van der Waals surface area contributed by atoms with Crippen LogP contribution in [0.15, 0.2) is 36.4 Å². The van der Waals surface area contributed by atoms with Crippen molar-refractivity contribution in [3.8, 4) is 11.5 Å². The number of fused-ring (bicyclic) bond motifs is 1. The van der Waals surface area contributed by atoms with Gasteiger partial charge in [0.1, 0.15) is 13.2 Å². The number of para-hydroxylation sites is 1. The molecule has 2 aromatic rings. The molecule has 1 heterocycles. The molecule has 0 bridgehead atoms. The Morgan fingerprint density at radius 1 is 1.07 bits per heavy atom. The number of halogens is 2. The molecule has 0 spiro atoms. The summed E-state index contributed by atoms with van der Waals surface area (Å²) in [5.41, 5.74) is 1.11. The quantitative estimate of drug-likeness (QED) is 0.822. The van der Waals surface area contributed by atoms with Crippen LogP contribution in [0.25, 0.3) is 0 Å². The predicted octanol–water partition coefficient (Wildman–Crippen LogP) is 3.40. The average molecular weight is 409 g/mol. The van der Waals surface area contributed by atoms with Crippen LogP contribution in [0.3, 0.4) is 0 Å². The van der Waals surface area contributed by atoms with E-state index < -0.39 is 0 Å². The summed E-state index contributed by atoms with van der Waals surface area (Å²) in [4.78, 5) is 26.0. The zero-order valence-corrected chi connectivity index (χ0v) is 16.1. The summed E-state index contributed by atoms with van der Waals surface area (Å²) in [6, 6.07) is 10.3. The maximum Gasteiger partial charge on any atom is 0.244 e. The van der Waals surface area contributed by atoms with Gasteiger partial charge in [-0.15, -0.1) is 0 Å². The molecule has 2 aromatic carbocycles. The van der Waals surface area contributed by atoms with Gasteiger partial charge in [-0.05, 0) is 29.8 Å². The van der Waals surface area contributed by atoms with E-state index in [2.05, 4.69) is 5.32 Å². The monoisotopic (exact) mass is 408 g/mol. The zero-order valence-electron chi connectivity index (χ0n) is 14.6. The molecule has 0 fully saturated rings. The van der Waals surface area contributed by atoms with Crippen molar-refractivity contribution >= 4 is 40.7 Å². The maximum atomic E-state index is 12.4. The van der Waals surface area contributed by atoms with E-state index >= 15 is 0 Å². The molecule has 142 valence electrons. The maximum absolute atomic E-state index is 12.4. The van der Waals surface area contributed by atoms with Gasteiger partial charge in [0.05, 0.1) is 28.7 Å². The molecule has 0 saturated carbocycles. The molecule has 3 rings (SSSR count). The fraction of sp³-hybridized carbons (Fsp3) is 0.263. The molecule has 0 atom stereocenters. The fourth-order valence-electron chi connectivity index (χ4n) is 2.61. The number of likely N-dealkylation sites (N-methyl/N-ethyl adjacent to an activating group) is 1. The van der Waals surface area contributed by atoms with E-state index in [-0.39, 0.29) is 24.8 Å². The first-order valence-corrected chi connectivity index (χ1v) is 9.06. The van der Waals surface area contributed by atoms with E-state index in [4.69, 9.17) is 32.7 Å². The molecule has 0 aliphatic carbocycles. The number of benzene rings is 2. The standard InChI is InChI=1S/C19H18Cl2N2O4/c1-23(11-17(24)22-19-13(20)3-2-4-14(19)21)18(25)10-12-5-6-15-16(9-12)27-8-7-26-15/h2-6,9H,7-8,10-11H2,1H3,(H,22,24). The molecular weight excluding hydrogens is 391 g/mol. The number of nitrogens with zero attached hydrogens (tertiary/aromatic N) is 1. The topological polar surface area (TPSA) is 67.9 Å².